The molecule has 1 aromatic heterocycles. The number of benzene rings is 1. The van der Waals surface area contributed by atoms with Crippen molar-refractivity contribution < 1.29 is 14.1 Å². The van der Waals surface area contributed by atoms with Crippen molar-refractivity contribution in [2.45, 2.75) is 0 Å². The average molecular weight is 261 g/mol. The maximum atomic E-state index is 12.7. The summed E-state index contributed by atoms with van der Waals surface area (Å²) in [6.07, 6.45) is 0. The van der Waals surface area contributed by atoms with Crippen LogP contribution in [-0.2, 0) is 0 Å². The van der Waals surface area contributed by atoms with Gasteiger partial charge in [0, 0.05) is 17.7 Å². The molecular formula is C12H8FN3O3. The maximum absolute atomic E-state index is 12.7. The number of nitro groups is 1. The lowest BCUT2D eigenvalue weighted by Crippen LogP contribution is -2.13. The van der Waals surface area contributed by atoms with Gasteiger partial charge < -0.3 is 10.1 Å². The van der Waals surface area contributed by atoms with E-state index in [1.54, 1.807) is 0 Å². The van der Waals surface area contributed by atoms with Gasteiger partial charge in [-0.15, -0.1) is 0 Å². The van der Waals surface area contributed by atoms with Crippen molar-refractivity contribution in [3.63, 3.8) is 0 Å². The molecule has 0 aliphatic rings. The molecule has 0 aliphatic heterocycles. The van der Waals surface area contributed by atoms with E-state index in [9.17, 15) is 19.3 Å². The number of nitrogens with one attached hydrogen (secondary N) is 1. The van der Waals surface area contributed by atoms with E-state index in [1.807, 2.05) is 0 Å². The molecule has 2 rings (SSSR count). The van der Waals surface area contributed by atoms with Gasteiger partial charge in [-0.05, 0) is 40.2 Å². The van der Waals surface area contributed by atoms with Crippen molar-refractivity contribution in [2.24, 2.45) is 0 Å². The molecule has 0 bridgehead atoms. The third kappa shape index (κ3) is 3.09. The van der Waals surface area contributed by atoms with Crippen LogP contribution in [0.15, 0.2) is 42.5 Å². The Morgan fingerprint density at radius 3 is 2.53 bits per heavy atom. The summed E-state index contributed by atoms with van der Waals surface area (Å²) in [6.45, 7) is 0. The summed E-state index contributed by atoms with van der Waals surface area (Å²) in [5.74, 6) is -1.28. The third-order valence-corrected chi connectivity index (χ3v) is 2.27. The summed E-state index contributed by atoms with van der Waals surface area (Å²) in [6, 6.07) is 8.96. The van der Waals surface area contributed by atoms with Gasteiger partial charge in [0.05, 0.1) is 0 Å². The summed E-state index contributed by atoms with van der Waals surface area (Å²) in [4.78, 5) is 25.3. The first-order valence-electron chi connectivity index (χ1n) is 5.24. The van der Waals surface area contributed by atoms with Crippen molar-refractivity contribution >= 4 is 17.5 Å². The standard InChI is InChI=1S/C12H8FN3O3/c13-9-6-4-8(5-7-9)12(17)15-10-2-1-3-11(14-10)16(18)19/h1-7H,(H,14,15,17). The molecule has 1 amide bonds. The molecular weight excluding hydrogens is 253 g/mol. The molecule has 1 N–H and O–H groups in total. The van der Waals surface area contributed by atoms with E-state index in [0.717, 1.165) is 12.1 Å². The molecule has 0 unspecified atom stereocenters. The first-order chi connectivity index (χ1) is 9.06. The van der Waals surface area contributed by atoms with E-state index < -0.39 is 16.6 Å². The molecule has 0 radical (unpaired) electrons. The maximum Gasteiger partial charge on any atom is 0.365 e. The topological polar surface area (TPSA) is 85.1 Å². The number of amides is 1. The van der Waals surface area contributed by atoms with Crippen LogP contribution >= 0.6 is 0 Å². The molecule has 7 heteroatoms. The fourth-order valence-electron chi connectivity index (χ4n) is 1.38. The Kier molecular flexibility index (Phi) is 3.46. The predicted molar refractivity (Wildman–Crippen MR) is 65.2 cm³/mol. The van der Waals surface area contributed by atoms with E-state index in [-0.39, 0.29) is 17.2 Å². The minimum absolute atomic E-state index is 0.0588. The number of anilines is 1. The summed E-state index contributed by atoms with van der Waals surface area (Å²) < 4.78 is 12.7. The van der Waals surface area contributed by atoms with Gasteiger partial charge in [-0.25, -0.2) is 4.39 Å². The molecule has 0 saturated carbocycles. The fourth-order valence-corrected chi connectivity index (χ4v) is 1.38. The number of aromatic nitrogens is 1. The number of hydrogen-bond acceptors (Lipinski definition) is 4. The van der Waals surface area contributed by atoms with Crippen LogP contribution in [0.3, 0.4) is 0 Å². The smallest absolute Gasteiger partial charge is 0.358 e. The number of pyridine rings is 1. The molecule has 1 aromatic carbocycles. The lowest BCUT2D eigenvalue weighted by atomic mass is 10.2. The van der Waals surface area contributed by atoms with Gasteiger partial charge >= 0.3 is 5.82 Å². The Morgan fingerprint density at radius 2 is 1.89 bits per heavy atom. The van der Waals surface area contributed by atoms with E-state index in [0.29, 0.717) is 0 Å². The molecule has 6 nitrogen and oxygen atoms in total. The lowest BCUT2D eigenvalue weighted by molar-refractivity contribution is -0.389. The Bertz CT molecular complexity index is 628. The van der Waals surface area contributed by atoms with Crippen molar-refractivity contribution in [3.05, 3.63) is 64.0 Å². The van der Waals surface area contributed by atoms with Crippen LogP contribution in [0.1, 0.15) is 10.4 Å². The minimum Gasteiger partial charge on any atom is -0.358 e. The molecule has 0 fully saturated rings. The molecule has 0 saturated heterocycles. The number of carbonyl (C=O) groups excluding carboxylic acids is 1. The zero-order valence-electron chi connectivity index (χ0n) is 9.54. The van der Waals surface area contributed by atoms with Crippen LogP contribution in [0.25, 0.3) is 0 Å². The van der Waals surface area contributed by atoms with Crippen LogP contribution in [0.4, 0.5) is 16.0 Å². The van der Waals surface area contributed by atoms with E-state index in [2.05, 4.69) is 10.3 Å². The predicted octanol–water partition coefficient (Wildman–Crippen LogP) is 2.38. The van der Waals surface area contributed by atoms with Crippen LogP contribution in [0.5, 0.6) is 0 Å². The second-order valence-electron chi connectivity index (χ2n) is 3.60. The summed E-state index contributed by atoms with van der Waals surface area (Å²) in [7, 11) is 0. The summed E-state index contributed by atoms with van der Waals surface area (Å²) >= 11 is 0. The Balaban J connectivity index is 2.17. The second-order valence-corrected chi connectivity index (χ2v) is 3.60. The molecule has 0 atom stereocenters. The normalized spacial score (nSPS) is 9.95. The lowest BCUT2D eigenvalue weighted by Gasteiger charge is -2.01. The Labute approximate surface area is 107 Å². The van der Waals surface area contributed by atoms with Crippen molar-refractivity contribution in [2.75, 3.05) is 5.32 Å². The molecule has 2 aromatic rings. The highest BCUT2D eigenvalue weighted by Gasteiger charge is 2.13. The minimum atomic E-state index is -0.659. The zero-order chi connectivity index (χ0) is 13.8. The van der Waals surface area contributed by atoms with Gasteiger partial charge in [-0.1, -0.05) is 0 Å². The van der Waals surface area contributed by atoms with Gasteiger partial charge in [-0.2, -0.15) is 0 Å². The molecule has 0 spiro atoms. The van der Waals surface area contributed by atoms with Crippen LogP contribution in [0.2, 0.25) is 0 Å². The molecule has 96 valence electrons. The number of nitrogens with zero attached hydrogens (tertiary/aromatic N) is 2. The molecule has 1 heterocycles. The quantitative estimate of drug-likeness (QED) is 0.679. The van der Waals surface area contributed by atoms with E-state index in [1.165, 1.54) is 30.3 Å². The first kappa shape index (κ1) is 12.6. The first-order valence-corrected chi connectivity index (χ1v) is 5.24. The SMILES string of the molecule is O=C(Nc1cccc([N+](=O)[O-])n1)c1ccc(F)cc1. The monoisotopic (exact) mass is 261 g/mol. The van der Waals surface area contributed by atoms with Crippen molar-refractivity contribution in [3.8, 4) is 0 Å². The van der Waals surface area contributed by atoms with Gasteiger partial charge in [0.1, 0.15) is 5.82 Å². The highest BCUT2D eigenvalue weighted by Crippen LogP contribution is 2.12. The van der Waals surface area contributed by atoms with Crippen molar-refractivity contribution in [1.82, 2.24) is 4.98 Å². The zero-order valence-corrected chi connectivity index (χ0v) is 9.54. The largest absolute Gasteiger partial charge is 0.365 e. The molecule has 0 aliphatic carbocycles. The van der Waals surface area contributed by atoms with E-state index >= 15 is 0 Å². The Hall–Kier alpha value is -2.83. The van der Waals surface area contributed by atoms with Crippen LogP contribution < -0.4 is 5.32 Å². The van der Waals surface area contributed by atoms with E-state index in [4.69, 9.17) is 0 Å². The number of rotatable bonds is 3. The summed E-state index contributed by atoms with van der Waals surface area (Å²) in [5, 5.41) is 12.9. The Morgan fingerprint density at radius 1 is 1.21 bits per heavy atom. The van der Waals surface area contributed by atoms with Gasteiger partial charge in [0.2, 0.25) is 5.82 Å². The second kappa shape index (κ2) is 5.21. The van der Waals surface area contributed by atoms with Gasteiger partial charge in [0.15, 0.2) is 0 Å². The number of halogens is 1. The van der Waals surface area contributed by atoms with Crippen molar-refractivity contribution in [1.29, 1.82) is 0 Å². The third-order valence-electron chi connectivity index (χ3n) is 2.27. The van der Waals surface area contributed by atoms with Gasteiger partial charge in [-0.3, -0.25) is 10.1 Å². The van der Waals surface area contributed by atoms with Crippen LogP contribution in [-0.4, -0.2) is 15.8 Å². The van der Waals surface area contributed by atoms with Crippen LogP contribution in [0, 0.1) is 15.9 Å². The number of carbonyl (C=O) groups is 1. The highest BCUT2D eigenvalue weighted by molar-refractivity contribution is 6.03. The summed E-state index contributed by atoms with van der Waals surface area (Å²) in [5.41, 5.74) is 0.231. The van der Waals surface area contributed by atoms with Gasteiger partial charge in [0.25, 0.3) is 5.91 Å². The number of hydrogen-bond donors (Lipinski definition) is 1. The molecule has 19 heavy (non-hydrogen) atoms. The average Bonchev–Trinajstić information content (AvgIpc) is 2.39. The fraction of sp³-hybridized carbons (Fsp3) is 0. The highest BCUT2D eigenvalue weighted by atomic mass is 19.1.